The number of aliphatic hydroxyl groups excluding tert-OH is 1. The number of hydrogen-bond acceptors (Lipinski definition) is 5. The lowest BCUT2D eigenvalue weighted by molar-refractivity contribution is -0.132. The van der Waals surface area contributed by atoms with E-state index in [1.807, 2.05) is 63.4 Å². The number of anilines is 1. The number of thiophene rings is 1. The average Bonchev–Trinajstić information content (AvgIpc) is 3.28. The number of rotatable bonds is 5. The van der Waals surface area contributed by atoms with E-state index in [-0.39, 0.29) is 17.4 Å². The monoisotopic (exact) mass is 447 g/mol. The highest BCUT2D eigenvalue weighted by Crippen LogP contribution is 2.45. The number of nitrogens with zero attached hydrogens (tertiary/aromatic N) is 1. The molecule has 2 aromatic carbocycles. The minimum absolute atomic E-state index is 0.0344. The van der Waals surface area contributed by atoms with Gasteiger partial charge in [-0.2, -0.15) is 0 Å². The van der Waals surface area contributed by atoms with E-state index in [1.54, 1.807) is 24.3 Å². The molecule has 1 amide bonds. The fourth-order valence-corrected chi connectivity index (χ4v) is 5.00. The lowest BCUT2D eigenvalue weighted by Gasteiger charge is -2.26. The maximum absolute atomic E-state index is 13.3. The molecule has 0 radical (unpaired) electrons. The first kappa shape index (κ1) is 21.8. The predicted molar refractivity (Wildman–Crippen MR) is 127 cm³/mol. The highest BCUT2D eigenvalue weighted by Gasteiger charge is 2.48. The minimum Gasteiger partial charge on any atom is -0.507 e. The summed E-state index contributed by atoms with van der Waals surface area (Å²) in [5.74, 6) is -0.959. The zero-order valence-corrected chi connectivity index (χ0v) is 19.3. The Kier molecular flexibility index (Phi) is 5.89. The Balaban J connectivity index is 1.92. The van der Waals surface area contributed by atoms with Gasteiger partial charge in [-0.05, 0) is 68.5 Å². The Morgan fingerprint density at radius 2 is 1.78 bits per heavy atom. The van der Waals surface area contributed by atoms with Gasteiger partial charge < -0.3 is 9.84 Å². The van der Waals surface area contributed by atoms with E-state index in [1.165, 1.54) is 16.2 Å². The number of benzene rings is 2. The van der Waals surface area contributed by atoms with Crippen LogP contribution in [-0.2, 0) is 9.59 Å². The van der Waals surface area contributed by atoms with Gasteiger partial charge in [-0.3, -0.25) is 14.5 Å². The number of carbonyl (C=O) groups excluding carboxylic acids is 2. The van der Waals surface area contributed by atoms with Crippen molar-refractivity contribution in [3.05, 3.63) is 87.1 Å². The van der Waals surface area contributed by atoms with Crippen molar-refractivity contribution in [2.45, 2.75) is 39.8 Å². The molecule has 1 N–H and O–H groups in total. The zero-order valence-electron chi connectivity index (χ0n) is 18.5. The minimum atomic E-state index is -0.703. The largest absolute Gasteiger partial charge is 0.507 e. The van der Waals surface area contributed by atoms with Crippen molar-refractivity contribution in [2.24, 2.45) is 0 Å². The highest BCUT2D eigenvalue weighted by atomic mass is 32.1. The molecule has 0 aliphatic carbocycles. The molecule has 1 atom stereocenters. The van der Waals surface area contributed by atoms with Crippen molar-refractivity contribution in [2.75, 3.05) is 4.90 Å². The van der Waals surface area contributed by atoms with Crippen LogP contribution in [0.25, 0.3) is 5.76 Å². The Labute approximate surface area is 191 Å². The van der Waals surface area contributed by atoms with Crippen LogP contribution in [0, 0.1) is 13.8 Å². The zero-order chi connectivity index (χ0) is 23.0. The van der Waals surface area contributed by atoms with Crippen LogP contribution >= 0.6 is 11.3 Å². The van der Waals surface area contributed by atoms with Crippen LogP contribution in [0.2, 0.25) is 0 Å². The highest BCUT2D eigenvalue weighted by molar-refractivity contribution is 7.10. The van der Waals surface area contributed by atoms with Crippen molar-refractivity contribution in [1.82, 2.24) is 0 Å². The van der Waals surface area contributed by atoms with E-state index in [9.17, 15) is 14.7 Å². The fourth-order valence-electron chi connectivity index (χ4n) is 3.97. The summed E-state index contributed by atoms with van der Waals surface area (Å²) in [5, 5.41) is 13.2. The van der Waals surface area contributed by atoms with Crippen molar-refractivity contribution < 1.29 is 19.4 Å². The number of Topliss-reactive ketones (excluding diaryl/α,β-unsaturated/α-hetero) is 1. The molecule has 6 heteroatoms. The predicted octanol–water partition coefficient (Wildman–Crippen LogP) is 5.78. The third-order valence-corrected chi connectivity index (χ3v) is 6.52. The first-order chi connectivity index (χ1) is 15.3. The number of aryl methyl sites for hydroxylation is 2. The molecule has 4 rings (SSSR count). The average molecular weight is 448 g/mol. The Morgan fingerprint density at radius 3 is 2.44 bits per heavy atom. The Morgan fingerprint density at radius 1 is 1.03 bits per heavy atom. The second kappa shape index (κ2) is 8.63. The van der Waals surface area contributed by atoms with Crippen LogP contribution in [0.4, 0.5) is 5.69 Å². The van der Waals surface area contributed by atoms with E-state index >= 15 is 0 Å². The standard InChI is InChI=1S/C26H25NO4S/c1-15(2)31-19-10-7-9-18(14-19)23(28)21-22(25-17(4)12-13-32-25)27(26(30)24(21)29)20-11-6-5-8-16(20)3/h5-15,22,28H,1-4H3/b23-21-. The number of carbonyl (C=O) groups is 2. The summed E-state index contributed by atoms with van der Waals surface area (Å²) in [6.07, 6.45) is -0.0344. The molecule has 5 nitrogen and oxygen atoms in total. The number of hydrogen-bond donors (Lipinski definition) is 1. The van der Waals surface area contributed by atoms with Gasteiger partial charge in [0.15, 0.2) is 0 Å². The van der Waals surface area contributed by atoms with Crippen molar-refractivity contribution >= 4 is 34.5 Å². The lowest BCUT2D eigenvalue weighted by Crippen LogP contribution is -2.30. The van der Waals surface area contributed by atoms with Crippen LogP contribution in [-0.4, -0.2) is 22.9 Å². The molecule has 0 saturated carbocycles. The quantitative estimate of drug-likeness (QED) is 0.306. The van der Waals surface area contributed by atoms with Gasteiger partial charge in [-0.15, -0.1) is 11.3 Å². The summed E-state index contributed by atoms with van der Waals surface area (Å²) in [4.78, 5) is 28.9. The summed E-state index contributed by atoms with van der Waals surface area (Å²) in [7, 11) is 0. The molecule has 2 heterocycles. The molecule has 1 aliphatic heterocycles. The number of ketones is 1. The molecular weight excluding hydrogens is 422 g/mol. The number of aliphatic hydroxyl groups is 1. The third kappa shape index (κ3) is 3.82. The van der Waals surface area contributed by atoms with E-state index in [4.69, 9.17) is 4.74 Å². The number of para-hydroxylation sites is 1. The second-order valence-electron chi connectivity index (χ2n) is 8.12. The first-order valence-electron chi connectivity index (χ1n) is 10.5. The molecule has 1 fully saturated rings. The van der Waals surface area contributed by atoms with Gasteiger partial charge >= 0.3 is 0 Å². The third-order valence-electron chi connectivity index (χ3n) is 5.45. The molecule has 3 aromatic rings. The smallest absolute Gasteiger partial charge is 0.300 e. The van der Waals surface area contributed by atoms with Gasteiger partial charge in [0, 0.05) is 16.1 Å². The van der Waals surface area contributed by atoms with Gasteiger partial charge in [0.2, 0.25) is 0 Å². The van der Waals surface area contributed by atoms with Crippen LogP contribution in [0.1, 0.15) is 41.5 Å². The molecule has 164 valence electrons. The molecular formula is C26H25NO4S. The van der Waals surface area contributed by atoms with E-state index in [2.05, 4.69) is 0 Å². The summed E-state index contributed by atoms with van der Waals surface area (Å²) in [5.41, 5.74) is 3.02. The molecule has 1 aromatic heterocycles. The van der Waals surface area contributed by atoms with Crippen LogP contribution in [0.5, 0.6) is 5.75 Å². The molecule has 1 aliphatic rings. The van der Waals surface area contributed by atoms with E-state index in [0.717, 1.165) is 16.0 Å². The van der Waals surface area contributed by atoms with Gasteiger partial charge in [0.25, 0.3) is 11.7 Å². The van der Waals surface area contributed by atoms with Gasteiger partial charge in [0.05, 0.1) is 11.7 Å². The molecule has 1 unspecified atom stereocenters. The van der Waals surface area contributed by atoms with Gasteiger partial charge in [0.1, 0.15) is 17.6 Å². The normalized spacial score (nSPS) is 17.9. The fraction of sp³-hybridized carbons (Fsp3) is 0.231. The van der Waals surface area contributed by atoms with Crippen LogP contribution < -0.4 is 9.64 Å². The lowest BCUT2D eigenvalue weighted by atomic mass is 9.98. The molecule has 0 spiro atoms. The summed E-state index contributed by atoms with van der Waals surface area (Å²) in [6, 6.07) is 15.7. The van der Waals surface area contributed by atoms with Crippen molar-refractivity contribution in [1.29, 1.82) is 0 Å². The van der Waals surface area contributed by atoms with E-state index < -0.39 is 17.7 Å². The van der Waals surface area contributed by atoms with Gasteiger partial charge in [-0.1, -0.05) is 30.3 Å². The Bertz CT molecular complexity index is 1220. The van der Waals surface area contributed by atoms with E-state index in [0.29, 0.717) is 17.0 Å². The number of amides is 1. The maximum Gasteiger partial charge on any atom is 0.300 e. The maximum atomic E-state index is 13.3. The molecule has 0 bridgehead atoms. The SMILES string of the molecule is Cc1ccccc1N1C(=O)C(=O)/C(=C(\O)c2cccc(OC(C)C)c2)C1c1sccc1C. The topological polar surface area (TPSA) is 66.8 Å². The first-order valence-corrected chi connectivity index (χ1v) is 11.3. The van der Waals surface area contributed by atoms with Crippen molar-refractivity contribution in [3.8, 4) is 5.75 Å². The summed E-state index contributed by atoms with van der Waals surface area (Å²) in [6.45, 7) is 7.68. The van der Waals surface area contributed by atoms with Crippen LogP contribution in [0.3, 0.4) is 0 Å². The van der Waals surface area contributed by atoms with Crippen LogP contribution in [0.15, 0.2) is 65.6 Å². The Hall–Kier alpha value is -3.38. The number of ether oxygens (including phenoxy) is 1. The summed E-state index contributed by atoms with van der Waals surface area (Å²) < 4.78 is 5.75. The molecule has 32 heavy (non-hydrogen) atoms. The van der Waals surface area contributed by atoms with Crippen molar-refractivity contribution in [3.63, 3.8) is 0 Å². The van der Waals surface area contributed by atoms with Gasteiger partial charge in [-0.25, -0.2) is 0 Å². The summed E-state index contributed by atoms with van der Waals surface area (Å²) >= 11 is 1.47. The molecule has 1 saturated heterocycles. The second-order valence-corrected chi connectivity index (χ2v) is 9.07.